The van der Waals surface area contributed by atoms with E-state index in [0.717, 1.165) is 5.39 Å². The van der Waals surface area contributed by atoms with Crippen LogP contribution in [0.4, 0.5) is 4.39 Å². The molecule has 1 atom stereocenters. The van der Waals surface area contributed by atoms with Gasteiger partial charge in [0.05, 0.1) is 11.6 Å². The molecule has 0 saturated carbocycles. The molecule has 0 aliphatic rings. The average molecular weight is 371 g/mol. The lowest BCUT2D eigenvalue weighted by Gasteiger charge is -2.06. The predicted molar refractivity (Wildman–Crippen MR) is 102 cm³/mol. The van der Waals surface area contributed by atoms with Crippen LogP contribution in [0.5, 0.6) is 0 Å². The number of hydrogen-bond acceptors (Lipinski definition) is 4. The summed E-state index contributed by atoms with van der Waals surface area (Å²) in [7, 11) is 1.64. The first-order valence-electron chi connectivity index (χ1n) is 8.59. The van der Waals surface area contributed by atoms with Gasteiger partial charge in [-0.2, -0.15) is 10.4 Å². The van der Waals surface area contributed by atoms with Crippen molar-refractivity contribution in [3.05, 3.63) is 77.7 Å². The number of hydrogen-bond donors (Lipinski definition) is 0. The summed E-state index contributed by atoms with van der Waals surface area (Å²) in [5, 5.41) is 15.6. The van der Waals surface area contributed by atoms with Gasteiger partial charge in [-0.15, -0.1) is 0 Å². The molecule has 0 bridgehead atoms. The molecule has 5 nitrogen and oxygen atoms in total. The number of Topliss-reactive ketones (excluding diaryl/α,β-unsaturated/α-hetero) is 2. The molecule has 1 unspecified atom stereocenters. The molecule has 0 fully saturated rings. The van der Waals surface area contributed by atoms with Crippen molar-refractivity contribution >= 4 is 33.2 Å². The zero-order valence-corrected chi connectivity index (χ0v) is 14.9. The second-order valence-corrected chi connectivity index (χ2v) is 6.46. The predicted octanol–water partition coefficient (Wildman–Crippen LogP) is 4.07. The Hall–Kier alpha value is -3.85. The third kappa shape index (κ3) is 2.74. The van der Waals surface area contributed by atoms with Crippen molar-refractivity contribution in [2.24, 2.45) is 13.0 Å². The third-order valence-electron chi connectivity index (χ3n) is 4.73. The molecule has 136 valence electrons. The van der Waals surface area contributed by atoms with E-state index in [2.05, 4.69) is 5.10 Å². The molecular formula is C22H14FN3O2. The molecule has 4 aromatic rings. The number of benzene rings is 3. The van der Waals surface area contributed by atoms with Gasteiger partial charge in [0.1, 0.15) is 11.5 Å². The van der Waals surface area contributed by atoms with Crippen molar-refractivity contribution in [3.8, 4) is 6.07 Å². The molecule has 0 radical (unpaired) electrons. The minimum atomic E-state index is -1.50. The van der Waals surface area contributed by atoms with Gasteiger partial charge in [0, 0.05) is 23.4 Å². The topological polar surface area (TPSA) is 75.8 Å². The maximum Gasteiger partial charge on any atom is 0.208 e. The van der Waals surface area contributed by atoms with Gasteiger partial charge in [0.15, 0.2) is 11.7 Å². The summed E-state index contributed by atoms with van der Waals surface area (Å²) in [5.41, 5.74) is 0.888. The van der Waals surface area contributed by atoms with Crippen molar-refractivity contribution in [3.63, 3.8) is 0 Å². The standard InChI is InChI=1S/C22H14FN3O2/c1-26-20-16(10-8-13-7-9-15(23)11-17(13)20)19(25-26)22(28)18(12-24)21(27)14-5-3-2-4-6-14/h2-11,18H,1H3. The highest BCUT2D eigenvalue weighted by Crippen LogP contribution is 2.29. The van der Waals surface area contributed by atoms with E-state index in [1.807, 2.05) is 6.07 Å². The first kappa shape index (κ1) is 17.6. The molecule has 1 aromatic heterocycles. The lowest BCUT2D eigenvalue weighted by Crippen LogP contribution is -2.23. The third-order valence-corrected chi connectivity index (χ3v) is 4.73. The smallest absolute Gasteiger partial charge is 0.208 e. The van der Waals surface area contributed by atoms with Crippen LogP contribution in [-0.2, 0) is 7.05 Å². The monoisotopic (exact) mass is 371 g/mol. The van der Waals surface area contributed by atoms with Crippen molar-refractivity contribution in [1.29, 1.82) is 5.26 Å². The fourth-order valence-corrected chi connectivity index (χ4v) is 3.39. The SMILES string of the molecule is Cn1nc(C(=O)C(C#N)C(=O)c2ccccc2)c2ccc3ccc(F)cc3c21. The Kier molecular flexibility index (Phi) is 4.21. The van der Waals surface area contributed by atoms with Crippen LogP contribution in [0, 0.1) is 23.1 Å². The summed E-state index contributed by atoms with van der Waals surface area (Å²) in [5.74, 6) is -3.14. The minimum Gasteiger partial charge on any atom is -0.292 e. The Labute approximate surface area is 159 Å². The van der Waals surface area contributed by atoms with E-state index >= 15 is 0 Å². The molecule has 0 amide bonds. The number of carbonyl (C=O) groups excluding carboxylic acids is 2. The van der Waals surface area contributed by atoms with Crippen LogP contribution >= 0.6 is 0 Å². The first-order chi connectivity index (χ1) is 13.5. The summed E-state index contributed by atoms with van der Waals surface area (Å²) in [4.78, 5) is 25.7. The largest absolute Gasteiger partial charge is 0.292 e. The van der Waals surface area contributed by atoms with Gasteiger partial charge in [0.2, 0.25) is 5.78 Å². The highest BCUT2D eigenvalue weighted by molar-refractivity contribution is 6.22. The van der Waals surface area contributed by atoms with Gasteiger partial charge in [0.25, 0.3) is 0 Å². The normalized spacial score (nSPS) is 12.0. The van der Waals surface area contributed by atoms with Crippen LogP contribution in [-0.4, -0.2) is 21.3 Å². The van der Waals surface area contributed by atoms with E-state index in [1.54, 1.807) is 55.6 Å². The number of aryl methyl sites for hydroxylation is 1. The molecule has 1 heterocycles. The second kappa shape index (κ2) is 6.71. The molecule has 0 saturated heterocycles. The molecule has 6 heteroatoms. The summed E-state index contributed by atoms with van der Waals surface area (Å²) in [6.45, 7) is 0. The zero-order chi connectivity index (χ0) is 19.8. The summed E-state index contributed by atoms with van der Waals surface area (Å²) in [6, 6.07) is 17.9. The van der Waals surface area contributed by atoms with Gasteiger partial charge >= 0.3 is 0 Å². The minimum absolute atomic E-state index is 0.0273. The maximum atomic E-state index is 13.8. The van der Waals surface area contributed by atoms with Gasteiger partial charge in [-0.1, -0.05) is 42.5 Å². The molecule has 0 aliphatic carbocycles. The number of nitrogens with zero attached hydrogens (tertiary/aromatic N) is 3. The first-order valence-corrected chi connectivity index (χ1v) is 8.59. The quantitative estimate of drug-likeness (QED) is 0.400. The fourth-order valence-electron chi connectivity index (χ4n) is 3.39. The number of ketones is 2. The molecule has 0 aliphatic heterocycles. The van der Waals surface area contributed by atoms with Crippen molar-refractivity contribution < 1.29 is 14.0 Å². The zero-order valence-electron chi connectivity index (χ0n) is 14.9. The van der Waals surface area contributed by atoms with Crippen molar-refractivity contribution in [2.45, 2.75) is 0 Å². The Morgan fingerprint density at radius 3 is 2.46 bits per heavy atom. The lowest BCUT2D eigenvalue weighted by molar-refractivity contribution is 0.0843. The van der Waals surface area contributed by atoms with Crippen LogP contribution in [0.15, 0.2) is 60.7 Å². The highest BCUT2D eigenvalue weighted by atomic mass is 19.1. The van der Waals surface area contributed by atoms with E-state index in [9.17, 15) is 19.2 Å². The van der Waals surface area contributed by atoms with E-state index in [4.69, 9.17) is 0 Å². The Bertz CT molecular complexity index is 1290. The van der Waals surface area contributed by atoms with E-state index in [1.165, 1.54) is 16.8 Å². The molecule has 28 heavy (non-hydrogen) atoms. The molecule has 0 spiro atoms. The second-order valence-electron chi connectivity index (χ2n) is 6.46. The van der Waals surface area contributed by atoms with Crippen LogP contribution in [0.3, 0.4) is 0 Å². The van der Waals surface area contributed by atoms with Crippen molar-refractivity contribution in [1.82, 2.24) is 9.78 Å². The summed E-state index contributed by atoms with van der Waals surface area (Å²) < 4.78 is 15.2. The Balaban J connectivity index is 1.85. The fraction of sp³-hybridized carbons (Fsp3) is 0.0909. The molecular weight excluding hydrogens is 357 g/mol. The van der Waals surface area contributed by atoms with E-state index in [-0.39, 0.29) is 11.3 Å². The number of fused-ring (bicyclic) bond motifs is 3. The van der Waals surface area contributed by atoms with Crippen LogP contribution in [0.25, 0.3) is 21.7 Å². The highest BCUT2D eigenvalue weighted by Gasteiger charge is 2.31. The lowest BCUT2D eigenvalue weighted by atomic mass is 9.92. The van der Waals surface area contributed by atoms with Gasteiger partial charge in [-0.25, -0.2) is 4.39 Å². The molecule has 0 N–H and O–H groups in total. The molecule has 3 aromatic carbocycles. The van der Waals surface area contributed by atoms with E-state index < -0.39 is 23.3 Å². The summed E-state index contributed by atoms with van der Waals surface area (Å²) >= 11 is 0. The Morgan fingerprint density at radius 1 is 1.04 bits per heavy atom. The summed E-state index contributed by atoms with van der Waals surface area (Å²) in [6.07, 6.45) is 0. The molecule has 4 rings (SSSR count). The number of halogens is 1. The van der Waals surface area contributed by atoms with Crippen LogP contribution < -0.4 is 0 Å². The number of rotatable bonds is 4. The average Bonchev–Trinajstić information content (AvgIpc) is 3.06. The van der Waals surface area contributed by atoms with Gasteiger partial charge in [-0.3, -0.25) is 14.3 Å². The van der Waals surface area contributed by atoms with E-state index in [0.29, 0.717) is 16.3 Å². The number of nitriles is 1. The number of carbonyl (C=O) groups is 2. The van der Waals surface area contributed by atoms with Crippen LogP contribution in [0.1, 0.15) is 20.8 Å². The Morgan fingerprint density at radius 2 is 1.75 bits per heavy atom. The maximum absolute atomic E-state index is 13.8. The number of aromatic nitrogens is 2. The van der Waals surface area contributed by atoms with Gasteiger partial charge < -0.3 is 0 Å². The van der Waals surface area contributed by atoms with Crippen molar-refractivity contribution in [2.75, 3.05) is 0 Å². The van der Waals surface area contributed by atoms with Gasteiger partial charge in [-0.05, 0) is 23.6 Å². The van der Waals surface area contributed by atoms with Crippen LogP contribution in [0.2, 0.25) is 0 Å².